The third kappa shape index (κ3) is 6.15. The predicted octanol–water partition coefficient (Wildman–Crippen LogP) is 3.33. The number of rotatable bonds is 7. The third-order valence-electron chi connectivity index (χ3n) is 4.47. The number of aromatic nitrogens is 1. The lowest BCUT2D eigenvalue weighted by molar-refractivity contribution is -0.143. The van der Waals surface area contributed by atoms with Crippen molar-refractivity contribution in [1.82, 2.24) is 9.88 Å². The van der Waals surface area contributed by atoms with E-state index in [9.17, 15) is 18.0 Å². The number of methoxy groups -OCH3 is 1. The van der Waals surface area contributed by atoms with E-state index in [1.54, 1.807) is 12.1 Å². The van der Waals surface area contributed by atoms with Gasteiger partial charge in [-0.15, -0.1) is 11.3 Å². The molecule has 10 heteroatoms. The highest BCUT2D eigenvalue weighted by atomic mass is 32.1. The van der Waals surface area contributed by atoms with E-state index in [-0.39, 0.29) is 6.61 Å². The van der Waals surface area contributed by atoms with Gasteiger partial charge in [0, 0.05) is 25.0 Å². The summed E-state index contributed by atoms with van der Waals surface area (Å²) in [7, 11) is 1.30. The second-order valence-corrected chi connectivity index (χ2v) is 7.35. The van der Waals surface area contributed by atoms with Gasteiger partial charge in [0.25, 0.3) is 0 Å². The summed E-state index contributed by atoms with van der Waals surface area (Å²) in [5, 5.41) is 0.576. The number of morpholine rings is 1. The summed E-state index contributed by atoms with van der Waals surface area (Å²) >= 11 is 0.595. The average Bonchev–Trinajstić information content (AvgIpc) is 3.22. The van der Waals surface area contributed by atoms with E-state index >= 15 is 0 Å². The molecule has 0 amide bonds. The molecule has 1 fully saturated rings. The number of benzene rings is 1. The molecule has 6 nitrogen and oxygen atoms in total. The van der Waals surface area contributed by atoms with Gasteiger partial charge in [-0.1, -0.05) is 12.1 Å². The quantitative estimate of drug-likeness (QED) is 0.628. The van der Waals surface area contributed by atoms with Crippen molar-refractivity contribution in [3.05, 3.63) is 45.9 Å². The Morgan fingerprint density at radius 3 is 2.76 bits per heavy atom. The van der Waals surface area contributed by atoms with Crippen molar-refractivity contribution >= 4 is 17.3 Å². The first-order chi connectivity index (χ1) is 13.8. The highest BCUT2D eigenvalue weighted by Gasteiger charge is 2.36. The Kier molecular flexibility index (Phi) is 7.09. The topological polar surface area (TPSA) is 60.9 Å². The molecule has 0 radical (unpaired) electrons. The fourth-order valence-electron chi connectivity index (χ4n) is 2.89. The Hall–Kier alpha value is -2.17. The predicted molar refractivity (Wildman–Crippen MR) is 99.9 cm³/mol. The molecule has 0 saturated carbocycles. The van der Waals surface area contributed by atoms with Crippen LogP contribution in [0.25, 0.3) is 0 Å². The van der Waals surface area contributed by atoms with E-state index in [0.717, 1.165) is 18.5 Å². The van der Waals surface area contributed by atoms with E-state index in [2.05, 4.69) is 14.6 Å². The normalized spacial score (nSPS) is 17.9. The van der Waals surface area contributed by atoms with E-state index in [1.165, 1.54) is 12.5 Å². The number of halogens is 3. The second kappa shape index (κ2) is 9.55. The van der Waals surface area contributed by atoms with Gasteiger partial charge in [-0.2, -0.15) is 13.2 Å². The molecule has 0 aliphatic carbocycles. The fraction of sp³-hybridized carbons (Fsp3) is 0.474. The molecule has 1 aromatic heterocycles. The van der Waals surface area contributed by atoms with Crippen LogP contribution in [0.1, 0.15) is 22.4 Å². The minimum Gasteiger partial charge on any atom is -0.482 e. The van der Waals surface area contributed by atoms with Crippen molar-refractivity contribution < 1.29 is 32.2 Å². The number of hydrogen-bond acceptors (Lipinski definition) is 7. The van der Waals surface area contributed by atoms with Crippen LogP contribution in [0.5, 0.6) is 5.75 Å². The number of carbonyl (C=O) groups excluding carboxylic acids is 1. The molecule has 158 valence electrons. The molecule has 1 atom stereocenters. The lowest BCUT2D eigenvalue weighted by Crippen LogP contribution is -2.39. The van der Waals surface area contributed by atoms with Gasteiger partial charge in [-0.3, -0.25) is 4.90 Å². The molecule has 0 N–H and O–H groups in total. The van der Waals surface area contributed by atoms with Gasteiger partial charge in [0.05, 0.1) is 19.4 Å². The van der Waals surface area contributed by atoms with E-state index in [0.29, 0.717) is 42.5 Å². The van der Waals surface area contributed by atoms with Gasteiger partial charge in [0.1, 0.15) is 11.9 Å². The van der Waals surface area contributed by atoms with Crippen LogP contribution in [0.4, 0.5) is 13.2 Å². The molecular formula is C19H21F3N2O4S. The lowest BCUT2D eigenvalue weighted by atomic mass is 10.1. The zero-order chi connectivity index (χ0) is 20.9. The largest absolute Gasteiger partial charge is 0.482 e. The maximum Gasteiger partial charge on any atom is 0.443 e. The van der Waals surface area contributed by atoms with Crippen LogP contribution in [0.2, 0.25) is 0 Å². The van der Waals surface area contributed by atoms with Crippen LogP contribution in [0.15, 0.2) is 29.6 Å². The van der Waals surface area contributed by atoms with Crippen molar-refractivity contribution in [2.45, 2.75) is 18.7 Å². The monoisotopic (exact) mass is 430 g/mol. The summed E-state index contributed by atoms with van der Waals surface area (Å²) in [6, 6.07) is 7.41. The Labute approximate surface area is 170 Å². The summed E-state index contributed by atoms with van der Waals surface area (Å²) in [4.78, 5) is 16.9. The molecule has 29 heavy (non-hydrogen) atoms. The van der Waals surface area contributed by atoms with E-state index in [4.69, 9.17) is 9.47 Å². The lowest BCUT2D eigenvalue weighted by Gasteiger charge is -2.32. The number of hydrogen-bond donors (Lipinski definition) is 0. The molecular weight excluding hydrogens is 409 g/mol. The highest BCUT2D eigenvalue weighted by Crippen LogP contribution is 2.34. The minimum atomic E-state index is -4.43. The Bertz CT molecular complexity index is 811. The SMILES string of the molecule is COC(=O)COc1ccc(CCN2CCOC(c3csc(C(F)(F)F)n3)C2)cc1. The molecule has 1 aromatic carbocycles. The number of esters is 1. The van der Waals surface area contributed by atoms with Gasteiger partial charge in [-0.05, 0) is 24.1 Å². The summed E-state index contributed by atoms with van der Waals surface area (Å²) in [5.41, 5.74) is 1.42. The maximum atomic E-state index is 12.8. The van der Waals surface area contributed by atoms with Crippen LogP contribution in [-0.2, 0) is 26.9 Å². The van der Waals surface area contributed by atoms with Crippen molar-refractivity contribution in [1.29, 1.82) is 0 Å². The van der Waals surface area contributed by atoms with E-state index < -0.39 is 23.3 Å². The zero-order valence-corrected chi connectivity index (χ0v) is 16.6. The summed E-state index contributed by atoms with van der Waals surface area (Å²) in [6.07, 6.45) is -4.11. The van der Waals surface area contributed by atoms with Crippen molar-refractivity contribution in [2.24, 2.45) is 0 Å². The average molecular weight is 430 g/mol. The van der Waals surface area contributed by atoms with Crippen molar-refractivity contribution in [2.75, 3.05) is 40.0 Å². The first kappa shape index (κ1) is 21.5. The van der Waals surface area contributed by atoms with E-state index in [1.807, 2.05) is 12.1 Å². The summed E-state index contributed by atoms with van der Waals surface area (Å²) < 4.78 is 53.7. The molecule has 1 unspecified atom stereocenters. The number of thiazole rings is 1. The molecule has 2 heterocycles. The van der Waals surface area contributed by atoms with Gasteiger partial charge in [-0.25, -0.2) is 9.78 Å². The first-order valence-corrected chi connectivity index (χ1v) is 9.88. The number of nitrogens with zero attached hydrogens (tertiary/aromatic N) is 2. The van der Waals surface area contributed by atoms with Crippen molar-refractivity contribution in [3.63, 3.8) is 0 Å². The summed E-state index contributed by atoms with van der Waals surface area (Å²) in [6.45, 7) is 2.27. The fourth-order valence-corrected chi connectivity index (χ4v) is 3.62. The van der Waals surface area contributed by atoms with Gasteiger partial charge in [0.15, 0.2) is 11.6 Å². The number of carbonyl (C=O) groups is 1. The second-order valence-electron chi connectivity index (χ2n) is 6.49. The van der Waals surface area contributed by atoms with Crippen molar-refractivity contribution in [3.8, 4) is 5.75 Å². The smallest absolute Gasteiger partial charge is 0.443 e. The van der Waals surface area contributed by atoms with Crippen LogP contribution in [0.3, 0.4) is 0 Å². The highest BCUT2D eigenvalue weighted by molar-refractivity contribution is 7.09. The molecule has 0 spiro atoms. The van der Waals surface area contributed by atoms with Gasteiger partial charge in [0.2, 0.25) is 0 Å². The Morgan fingerprint density at radius 1 is 1.34 bits per heavy atom. The maximum absolute atomic E-state index is 12.8. The first-order valence-electron chi connectivity index (χ1n) is 9.00. The Morgan fingerprint density at radius 2 is 2.10 bits per heavy atom. The standard InChI is InChI=1S/C19H21F3N2O4S/c1-26-17(25)11-28-14-4-2-13(3-5-14)6-7-24-8-9-27-16(10-24)15-12-29-18(23-15)19(20,21)22/h2-5,12,16H,6-11H2,1H3. The third-order valence-corrected chi connectivity index (χ3v) is 5.37. The van der Waals surface area contributed by atoms with Gasteiger partial charge < -0.3 is 14.2 Å². The minimum absolute atomic E-state index is 0.141. The van der Waals surface area contributed by atoms with Crippen LogP contribution in [0, 0.1) is 0 Å². The number of ether oxygens (including phenoxy) is 3. The van der Waals surface area contributed by atoms with Crippen LogP contribution < -0.4 is 4.74 Å². The van der Waals surface area contributed by atoms with Gasteiger partial charge >= 0.3 is 12.1 Å². The molecule has 1 saturated heterocycles. The molecule has 1 aliphatic heterocycles. The molecule has 0 bridgehead atoms. The van der Waals surface area contributed by atoms with Crippen LogP contribution in [-0.4, -0.2) is 55.8 Å². The molecule has 2 aromatic rings. The molecule has 1 aliphatic rings. The number of alkyl halides is 3. The zero-order valence-electron chi connectivity index (χ0n) is 15.8. The molecule has 3 rings (SSSR count). The Balaban J connectivity index is 1.49. The summed E-state index contributed by atoms with van der Waals surface area (Å²) in [5.74, 6) is 0.132. The van der Waals surface area contributed by atoms with Crippen LogP contribution >= 0.6 is 11.3 Å².